The zero-order valence-corrected chi connectivity index (χ0v) is 14.0. The summed E-state index contributed by atoms with van der Waals surface area (Å²) in [4.78, 5) is 0. The van der Waals surface area contributed by atoms with Crippen molar-refractivity contribution in [3.05, 3.63) is 42.2 Å². The molecule has 0 fully saturated rings. The monoisotopic (exact) mass is 379 g/mol. The maximum absolute atomic E-state index is 5.24. The Labute approximate surface area is 120 Å². The van der Waals surface area contributed by atoms with Gasteiger partial charge >= 0.3 is 0 Å². The Kier molecular flexibility index (Phi) is 10.0. The van der Waals surface area contributed by atoms with E-state index in [1.807, 2.05) is 24.3 Å². The van der Waals surface area contributed by atoms with Gasteiger partial charge in [-0.1, -0.05) is 18.2 Å². The normalized spacial score (nSPS) is 10.8. The van der Waals surface area contributed by atoms with Crippen molar-refractivity contribution < 1.29 is 48.5 Å². The molecule has 13 heavy (non-hydrogen) atoms. The van der Waals surface area contributed by atoms with Gasteiger partial charge in [0.05, 0.1) is 6.26 Å². The number of para-hydroxylation sites is 1. The number of ether oxygens (including phenoxy) is 1. The van der Waals surface area contributed by atoms with Crippen molar-refractivity contribution in [3.8, 4) is 5.75 Å². The van der Waals surface area contributed by atoms with Gasteiger partial charge in [-0.05, 0) is 24.1 Å². The van der Waals surface area contributed by atoms with Gasteiger partial charge in [0.15, 0.2) is 0 Å². The molecule has 0 spiro atoms. The van der Waals surface area contributed by atoms with Gasteiger partial charge in [0.2, 0.25) is 0 Å². The number of hydrogen-bond donors (Lipinski definition) is 0. The molecule has 2 rings (SSSR count). The van der Waals surface area contributed by atoms with Crippen molar-refractivity contribution in [3.63, 3.8) is 0 Å². The molecule has 3 radical (unpaired) electrons. The van der Waals surface area contributed by atoms with Gasteiger partial charge in [-0.3, -0.25) is 0 Å². The largest absolute Gasteiger partial charge is 0.465 e. The molecule has 0 saturated carbocycles. The van der Waals surface area contributed by atoms with Crippen LogP contribution in [0.5, 0.6) is 5.75 Å². The van der Waals surface area contributed by atoms with Crippen LogP contribution < -0.4 is 4.74 Å². The first-order valence-electron chi connectivity index (χ1n) is 3.36. The van der Waals surface area contributed by atoms with E-state index in [2.05, 4.69) is 6.07 Å². The van der Waals surface area contributed by atoms with Crippen molar-refractivity contribution in [2.45, 2.75) is 6.42 Å². The van der Waals surface area contributed by atoms with E-state index in [1.54, 1.807) is 6.26 Å². The first kappa shape index (κ1) is 16.2. The second kappa shape index (κ2) is 8.08. The predicted molar refractivity (Wildman–Crippen MR) is 45.7 cm³/mol. The standard InChI is InChI=1S/C9H8O.As.Cd.Ni/c1-2-6-9-8(4-1)5-3-7-10-9;;;/h1-4,6-7H,5H2;;;. The molecule has 0 aromatic heterocycles. The van der Waals surface area contributed by atoms with Gasteiger partial charge in [-0.15, -0.1) is 0 Å². The van der Waals surface area contributed by atoms with Crippen molar-refractivity contribution in [2.24, 2.45) is 0 Å². The van der Waals surface area contributed by atoms with Crippen LogP contribution in [0.15, 0.2) is 36.6 Å². The van der Waals surface area contributed by atoms with E-state index in [0.717, 1.165) is 12.2 Å². The second-order valence-electron chi connectivity index (χ2n) is 2.30. The molecule has 1 nitrogen and oxygen atoms in total. The van der Waals surface area contributed by atoms with Crippen molar-refractivity contribution >= 4 is 18.0 Å². The molecule has 0 N–H and O–H groups in total. The van der Waals surface area contributed by atoms with Crippen LogP contribution in [-0.2, 0) is 50.2 Å². The molecular weight excluding hydrogens is 370 g/mol. The van der Waals surface area contributed by atoms with E-state index in [9.17, 15) is 0 Å². The molecule has 0 atom stereocenters. The molecule has 0 amide bonds. The van der Waals surface area contributed by atoms with Gasteiger partial charge < -0.3 is 4.74 Å². The maximum Gasteiger partial charge on any atom is 0.130 e. The molecule has 1 aliphatic rings. The minimum absolute atomic E-state index is 0. The molecule has 1 heterocycles. The van der Waals surface area contributed by atoms with Crippen LogP contribution in [-0.4, -0.2) is 18.0 Å². The number of allylic oxidation sites excluding steroid dienone is 1. The fourth-order valence-corrected chi connectivity index (χ4v) is 1.08. The van der Waals surface area contributed by atoms with E-state index >= 15 is 0 Å². The van der Waals surface area contributed by atoms with Gasteiger partial charge in [-0.2, -0.15) is 0 Å². The molecule has 1 aliphatic heterocycles. The summed E-state index contributed by atoms with van der Waals surface area (Å²) in [6.45, 7) is 0. The minimum Gasteiger partial charge on any atom is -0.465 e. The first-order chi connectivity index (χ1) is 4.97. The van der Waals surface area contributed by atoms with E-state index in [0.29, 0.717) is 0 Å². The average Bonchev–Trinajstić information content (AvgIpc) is 2.05. The molecule has 1 aromatic rings. The van der Waals surface area contributed by atoms with E-state index in [1.165, 1.54) is 5.56 Å². The molecular formula is C9H8AsCdNiO. The predicted octanol–water partition coefficient (Wildman–Crippen LogP) is 1.75. The Morgan fingerprint density at radius 2 is 1.85 bits per heavy atom. The zero-order valence-electron chi connectivity index (χ0n) is 7.05. The smallest absolute Gasteiger partial charge is 0.130 e. The summed E-state index contributed by atoms with van der Waals surface area (Å²) in [5, 5.41) is 0. The molecule has 0 unspecified atom stereocenters. The summed E-state index contributed by atoms with van der Waals surface area (Å²) in [5.74, 6) is 0.991. The van der Waals surface area contributed by atoms with Crippen molar-refractivity contribution in [2.75, 3.05) is 0 Å². The topological polar surface area (TPSA) is 9.23 Å². The molecule has 1 aromatic carbocycles. The summed E-state index contributed by atoms with van der Waals surface area (Å²) < 4.78 is 5.24. The average molecular weight is 378 g/mol. The third-order valence-electron chi connectivity index (χ3n) is 1.60. The van der Waals surface area contributed by atoms with Gasteiger partial charge in [0, 0.05) is 61.7 Å². The van der Waals surface area contributed by atoms with Crippen molar-refractivity contribution in [1.82, 2.24) is 0 Å². The maximum atomic E-state index is 5.24. The molecule has 0 bridgehead atoms. The van der Waals surface area contributed by atoms with Gasteiger partial charge in [0.25, 0.3) is 0 Å². The Hall–Kier alpha value is 0.734. The molecule has 67 valence electrons. The summed E-state index contributed by atoms with van der Waals surface area (Å²) >= 11 is 0. The second-order valence-corrected chi connectivity index (χ2v) is 2.30. The summed E-state index contributed by atoms with van der Waals surface area (Å²) in [5.41, 5.74) is 1.27. The van der Waals surface area contributed by atoms with Crippen LogP contribution in [0.1, 0.15) is 5.56 Å². The van der Waals surface area contributed by atoms with Crippen LogP contribution >= 0.6 is 0 Å². The van der Waals surface area contributed by atoms with Crippen LogP contribution in [0.4, 0.5) is 0 Å². The Bertz CT molecular complexity index is 251. The summed E-state index contributed by atoms with van der Waals surface area (Å²) in [7, 11) is 0. The van der Waals surface area contributed by atoms with Gasteiger partial charge in [0.1, 0.15) is 5.75 Å². The number of benzene rings is 1. The third-order valence-corrected chi connectivity index (χ3v) is 1.60. The van der Waals surface area contributed by atoms with Gasteiger partial charge in [-0.25, -0.2) is 0 Å². The first-order valence-corrected chi connectivity index (χ1v) is 3.36. The Morgan fingerprint density at radius 1 is 1.15 bits per heavy atom. The quantitative estimate of drug-likeness (QED) is 0.626. The van der Waals surface area contributed by atoms with Crippen molar-refractivity contribution in [1.29, 1.82) is 0 Å². The van der Waals surface area contributed by atoms with Crippen LogP contribution in [0, 0.1) is 0 Å². The summed E-state index contributed by atoms with van der Waals surface area (Å²) in [6, 6.07) is 8.08. The van der Waals surface area contributed by atoms with Crippen LogP contribution in [0.25, 0.3) is 0 Å². The number of rotatable bonds is 0. The zero-order chi connectivity index (χ0) is 6.81. The Morgan fingerprint density at radius 3 is 2.54 bits per heavy atom. The Balaban J connectivity index is 0. The van der Waals surface area contributed by atoms with E-state index in [-0.39, 0.29) is 61.7 Å². The molecule has 0 saturated heterocycles. The minimum atomic E-state index is 0. The van der Waals surface area contributed by atoms with E-state index in [4.69, 9.17) is 4.74 Å². The number of fused-ring (bicyclic) bond motifs is 1. The third kappa shape index (κ3) is 4.18. The molecule has 0 aliphatic carbocycles. The fraction of sp³-hybridized carbons (Fsp3) is 0.111. The summed E-state index contributed by atoms with van der Waals surface area (Å²) in [6.07, 6.45) is 4.75. The van der Waals surface area contributed by atoms with E-state index < -0.39 is 0 Å². The van der Waals surface area contributed by atoms with Crippen LogP contribution in [0.3, 0.4) is 0 Å². The number of hydrogen-bond acceptors (Lipinski definition) is 1. The van der Waals surface area contributed by atoms with Crippen LogP contribution in [0.2, 0.25) is 0 Å². The fourth-order valence-electron chi connectivity index (χ4n) is 1.08. The SMILES string of the molecule is C1=COc2ccccc2C1.[As].[Cd].[Ni]. The molecule has 4 heteroatoms.